The molecule has 0 radical (unpaired) electrons. The SMILES string of the molecule is CC(C)(C)C1CN(c2nc(C(=O)NCCNC(=O)OCc3ccc([N+](=O)[O-])cc3)cs2)C1O[SiH](c1ccccc1)c1ccccc1. The quantitative estimate of drug-likeness (QED) is 0.101. The van der Waals surface area contributed by atoms with Crippen LogP contribution < -0.4 is 25.9 Å². The van der Waals surface area contributed by atoms with E-state index in [-0.39, 0.29) is 48.9 Å². The van der Waals surface area contributed by atoms with Gasteiger partial charge in [-0.25, -0.2) is 9.78 Å². The Kier molecular flexibility index (Phi) is 10.5. The van der Waals surface area contributed by atoms with Gasteiger partial charge < -0.3 is 24.7 Å². The lowest BCUT2D eigenvalue weighted by molar-refractivity contribution is -0.384. The van der Waals surface area contributed by atoms with E-state index in [1.807, 2.05) is 36.4 Å². The average Bonchev–Trinajstić information content (AvgIpc) is 3.52. The Bertz CT molecular complexity index is 1590. The van der Waals surface area contributed by atoms with Crippen LogP contribution in [-0.4, -0.2) is 56.8 Å². The third kappa shape index (κ3) is 8.16. The molecule has 1 fully saturated rings. The van der Waals surface area contributed by atoms with Crippen molar-refractivity contribution in [2.75, 3.05) is 24.5 Å². The van der Waals surface area contributed by atoms with Gasteiger partial charge >= 0.3 is 6.09 Å². The van der Waals surface area contributed by atoms with E-state index in [4.69, 9.17) is 9.16 Å². The zero-order valence-electron chi connectivity index (χ0n) is 25.9. The van der Waals surface area contributed by atoms with Gasteiger partial charge in [-0.3, -0.25) is 14.9 Å². The number of carbonyl (C=O) groups excluding carboxylic acids is 2. The Morgan fingerprint density at radius 2 is 1.59 bits per heavy atom. The molecule has 11 nitrogen and oxygen atoms in total. The minimum atomic E-state index is -2.03. The van der Waals surface area contributed by atoms with Crippen LogP contribution in [0.3, 0.4) is 0 Å². The lowest BCUT2D eigenvalue weighted by Gasteiger charge is -2.54. The molecule has 1 aromatic heterocycles. The van der Waals surface area contributed by atoms with Crippen molar-refractivity contribution in [3.8, 4) is 0 Å². The van der Waals surface area contributed by atoms with Gasteiger partial charge in [0.2, 0.25) is 9.04 Å². The van der Waals surface area contributed by atoms with E-state index >= 15 is 0 Å². The number of nitro benzene ring substituents is 1. The number of aromatic nitrogens is 1. The molecule has 240 valence electrons. The number of hydrogen-bond acceptors (Lipinski definition) is 9. The van der Waals surface area contributed by atoms with Crippen molar-refractivity contribution in [1.29, 1.82) is 0 Å². The number of benzene rings is 3. The maximum Gasteiger partial charge on any atom is 0.407 e. The first-order chi connectivity index (χ1) is 22.1. The summed E-state index contributed by atoms with van der Waals surface area (Å²) in [5, 5.41) is 21.0. The van der Waals surface area contributed by atoms with Crippen LogP contribution in [0.15, 0.2) is 90.3 Å². The molecule has 2 atom stereocenters. The topological polar surface area (TPSA) is 136 Å². The lowest BCUT2D eigenvalue weighted by atomic mass is 9.74. The predicted molar refractivity (Wildman–Crippen MR) is 180 cm³/mol. The highest BCUT2D eigenvalue weighted by Gasteiger charge is 2.48. The summed E-state index contributed by atoms with van der Waals surface area (Å²) in [6.45, 7) is 7.77. The fraction of sp³-hybridized carbons (Fsp3) is 0.303. The Morgan fingerprint density at radius 1 is 0.978 bits per heavy atom. The zero-order valence-corrected chi connectivity index (χ0v) is 27.9. The van der Waals surface area contributed by atoms with Gasteiger partial charge in [-0.2, -0.15) is 0 Å². The number of rotatable bonds is 12. The minimum absolute atomic E-state index is 0.0148. The molecule has 2 unspecified atom stereocenters. The number of non-ortho nitro benzene ring substituents is 1. The second-order valence-electron chi connectivity index (χ2n) is 12.1. The third-order valence-electron chi connectivity index (χ3n) is 7.80. The summed E-state index contributed by atoms with van der Waals surface area (Å²) in [6.07, 6.45) is -0.839. The summed E-state index contributed by atoms with van der Waals surface area (Å²) < 4.78 is 12.2. The Labute approximate surface area is 273 Å². The Balaban J connectivity index is 1.15. The van der Waals surface area contributed by atoms with Gasteiger partial charge in [-0.05, 0) is 33.5 Å². The number of nitrogens with zero attached hydrogens (tertiary/aromatic N) is 3. The lowest BCUT2D eigenvalue weighted by Crippen LogP contribution is -2.65. The van der Waals surface area contributed by atoms with Crippen molar-refractivity contribution in [2.45, 2.75) is 33.6 Å². The van der Waals surface area contributed by atoms with Crippen molar-refractivity contribution in [3.63, 3.8) is 0 Å². The average molecular weight is 660 g/mol. The predicted octanol–water partition coefficient (Wildman–Crippen LogP) is 4.07. The molecule has 2 amide bonds. The van der Waals surface area contributed by atoms with Crippen LogP contribution in [0.1, 0.15) is 36.8 Å². The normalized spacial score (nSPS) is 16.0. The summed E-state index contributed by atoms with van der Waals surface area (Å²) in [7, 11) is -2.03. The van der Waals surface area contributed by atoms with Crippen molar-refractivity contribution in [1.82, 2.24) is 15.6 Å². The maximum absolute atomic E-state index is 12.9. The van der Waals surface area contributed by atoms with Crippen molar-refractivity contribution in [2.24, 2.45) is 11.3 Å². The van der Waals surface area contributed by atoms with Crippen LogP contribution >= 0.6 is 11.3 Å². The number of amides is 2. The van der Waals surface area contributed by atoms with E-state index < -0.39 is 20.1 Å². The second-order valence-corrected chi connectivity index (χ2v) is 15.3. The molecule has 1 aliphatic heterocycles. The highest BCUT2D eigenvalue weighted by molar-refractivity contribution is 7.14. The molecule has 46 heavy (non-hydrogen) atoms. The summed E-state index contributed by atoms with van der Waals surface area (Å²) in [4.78, 5) is 42.0. The van der Waals surface area contributed by atoms with Gasteiger partial charge in [0.15, 0.2) is 5.13 Å². The largest absolute Gasteiger partial charge is 0.445 e. The van der Waals surface area contributed by atoms with Crippen LogP contribution in [0.4, 0.5) is 15.6 Å². The number of anilines is 1. The van der Waals surface area contributed by atoms with E-state index in [0.717, 1.165) is 11.7 Å². The van der Waals surface area contributed by atoms with Crippen LogP contribution in [-0.2, 0) is 15.8 Å². The molecule has 1 saturated heterocycles. The molecule has 2 heterocycles. The smallest absolute Gasteiger partial charge is 0.407 e. The summed E-state index contributed by atoms with van der Waals surface area (Å²) in [5.74, 6) is -0.0583. The van der Waals surface area contributed by atoms with Gasteiger partial charge in [0.1, 0.15) is 18.5 Å². The molecule has 13 heteroatoms. The van der Waals surface area contributed by atoms with E-state index in [1.165, 1.54) is 46.0 Å². The fourth-order valence-electron chi connectivity index (χ4n) is 5.13. The molecular formula is C33H37N5O6SSi. The van der Waals surface area contributed by atoms with Crippen LogP contribution in [0.25, 0.3) is 0 Å². The van der Waals surface area contributed by atoms with E-state index in [0.29, 0.717) is 11.3 Å². The highest BCUT2D eigenvalue weighted by atomic mass is 32.1. The number of ether oxygens (including phenoxy) is 1. The molecule has 2 N–H and O–H groups in total. The number of nitrogens with one attached hydrogen (secondary N) is 2. The van der Waals surface area contributed by atoms with Gasteiger partial charge in [0, 0.05) is 43.1 Å². The first-order valence-corrected chi connectivity index (χ1v) is 17.5. The number of nitro groups is 1. The molecule has 1 aliphatic rings. The van der Waals surface area contributed by atoms with Gasteiger partial charge in [-0.1, -0.05) is 81.4 Å². The summed E-state index contributed by atoms with van der Waals surface area (Å²) in [6, 6.07) is 26.5. The van der Waals surface area contributed by atoms with Crippen molar-refractivity contribution >= 4 is 53.6 Å². The third-order valence-corrected chi connectivity index (χ3v) is 11.2. The van der Waals surface area contributed by atoms with Crippen LogP contribution in [0.2, 0.25) is 0 Å². The number of alkyl carbamates (subject to hydrolysis) is 1. The van der Waals surface area contributed by atoms with Crippen LogP contribution in [0.5, 0.6) is 0 Å². The molecule has 3 aromatic carbocycles. The standard InChI is InChI=1S/C33H37N5O6SSi/c1-33(2,3)27-20-37(30(27)44-46(25-10-6-4-7-11-25)26-12-8-5-9-13-26)31-36-28(22-45-31)29(39)34-18-19-35-32(40)43-21-23-14-16-24(17-15-23)38(41)42/h4-17,22,27,30,46H,18-21H2,1-3H3,(H,34,39)(H,35,40). The molecule has 0 aliphatic carbocycles. The molecule has 0 saturated carbocycles. The molecule has 4 aromatic rings. The number of hydrogen-bond donors (Lipinski definition) is 2. The molecular weight excluding hydrogens is 623 g/mol. The maximum atomic E-state index is 12.9. The fourth-order valence-corrected chi connectivity index (χ4v) is 8.43. The molecule has 0 bridgehead atoms. The van der Waals surface area contributed by atoms with Gasteiger partial charge in [0.05, 0.1) is 4.92 Å². The molecule has 0 spiro atoms. The van der Waals surface area contributed by atoms with E-state index in [2.05, 4.69) is 65.6 Å². The second kappa shape index (κ2) is 14.7. The Morgan fingerprint density at radius 3 is 2.17 bits per heavy atom. The van der Waals surface area contributed by atoms with E-state index in [1.54, 1.807) is 5.38 Å². The monoisotopic (exact) mass is 659 g/mol. The highest BCUT2D eigenvalue weighted by Crippen LogP contribution is 2.43. The van der Waals surface area contributed by atoms with Crippen LogP contribution in [0, 0.1) is 21.4 Å². The van der Waals surface area contributed by atoms with Gasteiger partial charge in [-0.15, -0.1) is 11.3 Å². The zero-order chi connectivity index (χ0) is 32.7. The first kappa shape index (κ1) is 32.8. The molecule has 5 rings (SSSR count). The van der Waals surface area contributed by atoms with Crippen molar-refractivity contribution in [3.05, 3.63) is 112 Å². The summed E-state index contributed by atoms with van der Waals surface area (Å²) in [5.41, 5.74) is 0.902. The number of carbonyl (C=O) groups is 2. The van der Waals surface area contributed by atoms with Crippen molar-refractivity contribution < 1.29 is 23.7 Å². The van der Waals surface area contributed by atoms with E-state index in [9.17, 15) is 19.7 Å². The number of thiazole rings is 1. The Hall–Kier alpha value is -4.59. The minimum Gasteiger partial charge on any atom is -0.445 e. The summed E-state index contributed by atoms with van der Waals surface area (Å²) >= 11 is 1.41. The van der Waals surface area contributed by atoms with Gasteiger partial charge in [0.25, 0.3) is 11.6 Å². The first-order valence-electron chi connectivity index (χ1n) is 15.0.